The third-order valence-corrected chi connectivity index (χ3v) is 8.34. The zero-order chi connectivity index (χ0) is 25.1. The molecule has 0 saturated heterocycles. The summed E-state index contributed by atoms with van der Waals surface area (Å²) in [6, 6.07) is 11.5. The Hall–Kier alpha value is -3.10. The van der Waals surface area contributed by atoms with E-state index in [1.54, 1.807) is 26.7 Å². The van der Waals surface area contributed by atoms with Crippen molar-refractivity contribution in [3.05, 3.63) is 65.7 Å². The average Bonchev–Trinajstić information content (AvgIpc) is 3.67. The molecule has 5 rings (SSSR count). The number of halogens is 1. The molecule has 7 nitrogen and oxygen atoms in total. The minimum atomic E-state index is -0.592. The van der Waals surface area contributed by atoms with Gasteiger partial charge in [0, 0.05) is 30.5 Å². The van der Waals surface area contributed by atoms with Gasteiger partial charge in [0.15, 0.2) is 5.13 Å². The lowest BCUT2D eigenvalue weighted by Gasteiger charge is -2.34. The Bertz CT molecular complexity index is 1290. The quantitative estimate of drug-likeness (QED) is 0.264. The number of carbonyl (C=O) groups excluding carboxylic acids is 1. The Morgan fingerprint density at radius 3 is 2.50 bits per heavy atom. The molecule has 0 N–H and O–H groups in total. The Morgan fingerprint density at radius 1 is 1.11 bits per heavy atom. The van der Waals surface area contributed by atoms with E-state index in [-0.39, 0.29) is 5.91 Å². The van der Waals surface area contributed by atoms with Gasteiger partial charge in [-0.2, -0.15) is 0 Å². The second-order valence-electron chi connectivity index (χ2n) is 9.05. The topological polar surface area (TPSA) is 69.5 Å². The number of hydrogen-bond donors (Lipinski definition) is 0. The van der Waals surface area contributed by atoms with Gasteiger partial charge >= 0.3 is 0 Å². The number of amides is 1. The van der Waals surface area contributed by atoms with Crippen molar-refractivity contribution in [2.75, 3.05) is 25.7 Å². The van der Waals surface area contributed by atoms with Crippen molar-refractivity contribution in [3.63, 3.8) is 0 Å². The van der Waals surface area contributed by atoms with E-state index in [1.165, 1.54) is 11.3 Å². The van der Waals surface area contributed by atoms with Crippen molar-refractivity contribution >= 4 is 44.2 Å². The first-order chi connectivity index (χ1) is 17.6. The predicted molar refractivity (Wildman–Crippen MR) is 144 cm³/mol. The lowest BCUT2D eigenvalue weighted by molar-refractivity contribution is -0.124. The van der Waals surface area contributed by atoms with E-state index >= 15 is 0 Å². The summed E-state index contributed by atoms with van der Waals surface area (Å²) in [5, 5.41) is 1.32. The molecule has 0 spiro atoms. The fourth-order valence-corrected chi connectivity index (χ4v) is 6.36. The highest BCUT2D eigenvalue weighted by Gasteiger charge is 2.45. The smallest absolute Gasteiger partial charge is 0.239 e. The van der Waals surface area contributed by atoms with Crippen LogP contribution in [0.2, 0.25) is 5.02 Å². The summed E-state index contributed by atoms with van der Waals surface area (Å²) in [5.74, 6) is 1.46. The van der Waals surface area contributed by atoms with Gasteiger partial charge in [0.2, 0.25) is 5.91 Å². The van der Waals surface area contributed by atoms with E-state index in [0.717, 1.165) is 48.9 Å². The number of imidazole rings is 1. The number of anilines is 1. The van der Waals surface area contributed by atoms with E-state index in [2.05, 4.69) is 4.98 Å². The van der Waals surface area contributed by atoms with Crippen molar-refractivity contribution in [2.24, 2.45) is 0 Å². The number of nitrogens with zero attached hydrogens (tertiary/aromatic N) is 4. The van der Waals surface area contributed by atoms with Crippen molar-refractivity contribution in [1.29, 1.82) is 0 Å². The largest absolute Gasteiger partial charge is 0.495 e. The van der Waals surface area contributed by atoms with Gasteiger partial charge in [-0.05, 0) is 49.1 Å². The molecular formula is C27H29ClN4O3S. The predicted octanol–water partition coefficient (Wildman–Crippen LogP) is 6.10. The van der Waals surface area contributed by atoms with Crippen LogP contribution in [0.15, 0.2) is 55.1 Å². The summed E-state index contributed by atoms with van der Waals surface area (Å²) in [4.78, 5) is 25.4. The van der Waals surface area contributed by atoms with Crippen LogP contribution in [0.3, 0.4) is 0 Å². The number of aryl methyl sites for hydroxylation is 1. The van der Waals surface area contributed by atoms with E-state index in [4.69, 9.17) is 26.1 Å². The third-order valence-electron chi connectivity index (χ3n) is 7.00. The summed E-state index contributed by atoms with van der Waals surface area (Å²) in [6.45, 7) is 1.30. The van der Waals surface area contributed by atoms with Crippen molar-refractivity contribution in [1.82, 2.24) is 14.5 Å². The molecule has 0 radical (unpaired) electrons. The molecule has 0 aliphatic heterocycles. The maximum absolute atomic E-state index is 14.5. The fourth-order valence-electron chi connectivity index (χ4n) is 5.14. The Balaban J connectivity index is 1.56. The summed E-state index contributed by atoms with van der Waals surface area (Å²) in [5.41, 5.74) is 1.13. The molecule has 188 valence electrons. The van der Waals surface area contributed by atoms with Crippen LogP contribution in [0.5, 0.6) is 11.5 Å². The molecule has 0 unspecified atom stereocenters. The molecule has 9 heteroatoms. The molecule has 4 aromatic rings. The number of rotatable bonds is 9. The monoisotopic (exact) mass is 524 g/mol. The van der Waals surface area contributed by atoms with Gasteiger partial charge in [-0.1, -0.05) is 47.9 Å². The zero-order valence-electron chi connectivity index (χ0n) is 20.4. The molecule has 0 bridgehead atoms. The zero-order valence-corrected chi connectivity index (χ0v) is 22.0. The van der Waals surface area contributed by atoms with E-state index in [9.17, 15) is 4.79 Å². The van der Waals surface area contributed by atoms with Crippen LogP contribution in [0.1, 0.15) is 37.7 Å². The fraction of sp³-hybridized carbons (Fsp3) is 0.370. The Labute approximate surface area is 219 Å². The van der Waals surface area contributed by atoms with Crippen LogP contribution in [-0.2, 0) is 16.8 Å². The van der Waals surface area contributed by atoms with Gasteiger partial charge in [-0.3, -0.25) is 9.69 Å². The van der Waals surface area contributed by atoms with Gasteiger partial charge in [-0.25, -0.2) is 9.97 Å². The van der Waals surface area contributed by atoms with E-state index in [0.29, 0.717) is 33.7 Å². The minimum absolute atomic E-state index is 0.0879. The van der Waals surface area contributed by atoms with Crippen LogP contribution in [0.4, 0.5) is 5.13 Å². The van der Waals surface area contributed by atoms with Gasteiger partial charge in [0.1, 0.15) is 21.7 Å². The van der Waals surface area contributed by atoms with E-state index < -0.39 is 5.41 Å². The summed E-state index contributed by atoms with van der Waals surface area (Å²) in [7, 11) is 3.27. The molecule has 36 heavy (non-hydrogen) atoms. The standard InChI is InChI=1S/C27H29ClN4O3S/c1-34-21-10-11-22(35-2)24-23(21)30-26(36-24)32(16-5-15-31-17-14-29-18-31)25(33)27(12-3-4-13-27)19-6-8-20(28)9-7-19/h6-11,14,17-18H,3-5,12-13,15-16H2,1-2H3. The molecule has 1 saturated carbocycles. The number of benzene rings is 2. The SMILES string of the molecule is COc1ccc(OC)c2sc(N(CCCn3ccnc3)C(=O)C3(c4ccc(Cl)cc4)CCCC3)nc12. The second-order valence-corrected chi connectivity index (χ2v) is 10.5. The molecule has 1 amide bonds. The first-order valence-corrected chi connectivity index (χ1v) is 13.3. The Kier molecular flexibility index (Phi) is 7.16. The molecule has 1 aliphatic carbocycles. The summed E-state index contributed by atoms with van der Waals surface area (Å²) < 4.78 is 14.1. The highest BCUT2D eigenvalue weighted by atomic mass is 35.5. The van der Waals surface area contributed by atoms with Crippen molar-refractivity contribution < 1.29 is 14.3 Å². The summed E-state index contributed by atoms with van der Waals surface area (Å²) in [6.07, 6.45) is 9.91. The van der Waals surface area contributed by atoms with Crippen molar-refractivity contribution in [3.8, 4) is 11.5 Å². The summed E-state index contributed by atoms with van der Waals surface area (Å²) >= 11 is 7.65. The number of aromatic nitrogens is 3. The molecular weight excluding hydrogens is 496 g/mol. The van der Waals surface area contributed by atoms with Crippen LogP contribution >= 0.6 is 22.9 Å². The molecule has 2 heterocycles. The first kappa shape index (κ1) is 24.6. The van der Waals surface area contributed by atoms with Gasteiger partial charge in [0.05, 0.1) is 26.0 Å². The third kappa shape index (κ3) is 4.55. The van der Waals surface area contributed by atoms with Crippen molar-refractivity contribution in [2.45, 2.75) is 44.1 Å². The minimum Gasteiger partial charge on any atom is -0.495 e. The molecule has 2 aromatic carbocycles. The number of ether oxygens (including phenoxy) is 2. The second kappa shape index (κ2) is 10.5. The highest BCUT2D eigenvalue weighted by Crippen LogP contribution is 2.46. The molecule has 0 atom stereocenters. The number of thiazole rings is 1. The maximum atomic E-state index is 14.5. The first-order valence-electron chi connectivity index (χ1n) is 12.1. The number of hydrogen-bond acceptors (Lipinski definition) is 6. The van der Waals surface area contributed by atoms with Crippen LogP contribution in [0.25, 0.3) is 10.2 Å². The van der Waals surface area contributed by atoms with Crippen LogP contribution in [0, 0.1) is 0 Å². The molecule has 1 fully saturated rings. The maximum Gasteiger partial charge on any atom is 0.239 e. The lowest BCUT2D eigenvalue weighted by Crippen LogP contribution is -2.46. The highest BCUT2D eigenvalue weighted by molar-refractivity contribution is 7.22. The molecule has 2 aromatic heterocycles. The number of methoxy groups -OCH3 is 2. The average molecular weight is 525 g/mol. The van der Waals surface area contributed by atoms with Gasteiger partial charge in [-0.15, -0.1) is 0 Å². The van der Waals surface area contributed by atoms with Crippen LogP contribution < -0.4 is 14.4 Å². The molecule has 1 aliphatic rings. The Morgan fingerprint density at radius 2 is 1.83 bits per heavy atom. The van der Waals surface area contributed by atoms with Gasteiger partial charge in [0.25, 0.3) is 0 Å². The number of fused-ring (bicyclic) bond motifs is 1. The number of carbonyl (C=O) groups is 1. The normalized spacial score (nSPS) is 14.8. The lowest BCUT2D eigenvalue weighted by atomic mass is 9.77. The van der Waals surface area contributed by atoms with Crippen LogP contribution in [-0.4, -0.2) is 41.2 Å². The van der Waals surface area contributed by atoms with E-state index in [1.807, 2.05) is 52.1 Å². The van der Waals surface area contributed by atoms with Gasteiger partial charge < -0.3 is 14.0 Å².